The minimum atomic E-state index is -0.316. The van der Waals surface area contributed by atoms with E-state index >= 15 is 0 Å². The number of benzene rings is 1. The molecule has 0 radical (unpaired) electrons. The van der Waals surface area contributed by atoms with Crippen LogP contribution >= 0.6 is 0 Å². The van der Waals surface area contributed by atoms with Crippen molar-refractivity contribution in [1.29, 1.82) is 0 Å². The molecule has 0 spiro atoms. The number of carbonyl (C=O) groups is 2. The normalized spacial score (nSPS) is 15.8. The summed E-state index contributed by atoms with van der Waals surface area (Å²) in [6.07, 6.45) is 1.60. The Kier molecular flexibility index (Phi) is 5.19. The average Bonchev–Trinajstić information content (AvgIpc) is 2.46. The standard InChI is InChI=1S/C17H25N3O2/c1-11(2)8-15(16(18)21)19-10-12-4-5-14-13(9-12)6-7-20(3)17(14)22/h4-5,9,11,15,19H,6-8,10H2,1-3H3,(H2,18,21)/t15-/m1/s1. The van der Waals surface area contributed by atoms with Gasteiger partial charge in [0.15, 0.2) is 0 Å². The van der Waals surface area contributed by atoms with Crippen LogP contribution in [0.25, 0.3) is 0 Å². The van der Waals surface area contributed by atoms with Crippen molar-refractivity contribution in [3.8, 4) is 0 Å². The molecular weight excluding hydrogens is 278 g/mol. The monoisotopic (exact) mass is 303 g/mol. The third-order valence-corrected chi connectivity index (χ3v) is 4.07. The van der Waals surface area contributed by atoms with Crippen LogP contribution in [0.1, 0.15) is 41.8 Å². The number of hydrogen-bond donors (Lipinski definition) is 2. The number of rotatable bonds is 6. The van der Waals surface area contributed by atoms with Crippen LogP contribution in [0.5, 0.6) is 0 Å². The fourth-order valence-electron chi connectivity index (χ4n) is 2.78. The Labute approximate surface area is 131 Å². The summed E-state index contributed by atoms with van der Waals surface area (Å²) in [5.74, 6) is 0.167. The fraction of sp³-hybridized carbons (Fsp3) is 0.529. The van der Waals surface area contributed by atoms with Crippen LogP contribution in [0.3, 0.4) is 0 Å². The Morgan fingerprint density at radius 1 is 1.41 bits per heavy atom. The van der Waals surface area contributed by atoms with Gasteiger partial charge in [-0.3, -0.25) is 9.59 Å². The summed E-state index contributed by atoms with van der Waals surface area (Å²) in [5.41, 5.74) is 8.39. The molecule has 5 heteroatoms. The van der Waals surface area contributed by atoms with E-state index in [0.717, 1.165) is 36.1 Å². The molecule has 5 nitrogen and oxygen atoms in total. The van der Waals surface area contributed by atoms with Crippen LogP contribution in [0.4, 0.5) is 0 Å². The summed E-state index contributed by atoms with van der Waals surface area (Å²) in [5, 5.41) is 3.22. The Morgan fingerprint density at radius 2 is 2.14 bits per heavy atom. The zero-order valence-electron chi connectivity index (χ0n) is 13.6. The number of nitrogens with two attached hydrogens (primary N) is 1. The first kappa shape index (κ1) is 16.5. The molecule has 1 aliphatic heterocycles. The van der Waals surface area contributed by atoms with Crippen LogP contribution in [0, 0.1) is 5.92 Å². The highest BCUT2D eigenvalue weighted by atomic mass is 16.2. The average molecular weight is 303 g/mol. The smallest absolute Gasteiger partial charge is 0.253 e. The molecule has 1 aliphatic rings. The van der Waals surface area contributed by atoms with Gasteiger partial charge in [-0.2, -0.15) is 0 Å². The minimum Gasteiger partial charge on any atom is -0.368 e. The summed E-state index contributed by atoms with van der Waals surface area (Å²) in [6, 6.07) is 5.56. The molecule has 1 aromatic carbocycles. The van der Waals surface area contributed by atoms with Gasteiger partial charge in [-0.1, -0.05) is 26.0 Å². The minimum absolute atomic E-state index is 0.0792. The fourth-order valence-corrected chi connectivity index (χ4v) is 2.78. The Hall–Kier alpha value is -1.88. The Bertz CT molecular complexity index is 569. The quantitative estimate of drug-likeness (QED) is 0.832. The molecule has 1 atom stereocenters. The van der Waals surface area contributed by atoms with Crippen LogP contribution in [0.15, 0.2) is 18.2 Å². The van der Waals surface area contributed by atoms with E-state index in [4.69, 9.17) is 5.73 Å². The summed E-state index contributed by atoms with van der Waals surface area (Å²) >= 11 is 0. The number of carbonyl (C=O) groups excluding carboxylic acids is 2. The number of fused-ring (bicyclic) bond motifs is 1. The first-order chi connectivity index (χ1) is 10.4. The first-order valence-corrected chi connectivity index (χ1v) is 7.78. The molecule has 0 fully saturated rings. The van der Waals surface area contributed by atoms with Gasteiger partial charge in [0.1, 0.15) is 0 Å². The molecule has 0 saturated carbocycles. The van der Waals surface area contributed by atoms with Crippen LogP contribution < -0.4 is 11.1 Å². The van der Waals surface area contributed by atoms with Crippen molar-refractivity contribution in [2.75, 3.05) is 13.6 Å². The number of nitrogens with one attached hydrogen (secondary N) is 1. The van der Waals surface area contributed by atoms with Crippen LogP contribution in [-0.4, -0.2) is 36.3 Å². The number of primary amides is 1. The highest BCUT2D eigenvalue weighted by Crippen LogP contribution is 2.19. The van der Waals surface area contributed by atoms with Crippen molar-refractivity contribution in [2.45, 2.75) is 39.3 Å². The SMILES string of the molecule is CC(C)C[C@@H](NCc1ccc2c(c1)CCN(C)C2=O)C(N)=O. The molecule has 0 aromatic heterocycles. The predicted molar refractivity (Wildman–Crippen MR) is 86.4 cm³/mol. The maximum absolute atomic E-state index is 12.1. The van der Waals surface area contributed by atoms with E-state index in [0.29, 0.717) is 12.5 Å². The third-order valence-electron chi connectivity index (χ3n) is 4.07. The van der Waals surface area contributed by atoms with Gasteiger partial charge in [-0.25, -0.2) is 0 Å². The van der Waals surface area contributed by atoms with Gasteiger partial charge in [0.05, 0.1) is 6.04 Å². The van der Waals surface area contributed by atoms with Crippen molar-refractivity contribution < 1.29 is 9.59 Å². The highest BCUT2D eigenvalue weighted by Gasteiger charge is 2.22. The van der Waals surface area contributed by atoms with Crippen molar-refractivity contribution in [3.63, 3.8) is 0 Å². The Morgan fingerprint density at radius 3 is 2.77 bits per heavy atom. The van der Waals surface area contributed by atoms with Gasteiger partial charge in [-0.05, 0) is 36.0 Å². The maximum atomic E-state index is 12.1. The summed E-state index contributed by atoms with van der Waals surface area (Å²) < 4.78 is 0. The van der Waals surface area contributed by atoms with E-state index in [9.17, 15) is 9.59 Å². The molecule has 1 heterocycles. The second kappa shape index (κ2) is 6.92. The van der Waals surface area contributed by atoms with Crippen molar-refractivity contribution in [2.24, 2.45) is 11.7 Å². The lowest BCUT2D eigenvalue weighted by molar-refractivity contribution is -0.120. The molecule has 3 N–H and O–H groups in total. The van der Waals surface area contributed by atoms with Gasteiger partial charge in [0.2, 0.25) is 5.91 Å². The molecule has 0 aliphatic carbocycles. The largest absolute Gasteiger partial charge is 0.368 e. The van der Waals surface area contributed by atoms with E-state index < -0.39 is 0 Å². The second-order valence-corrected chi connectivity index (χ2v) is 6.43. The van der Waals surface area contributed by atoms with E-state index in [2.05, 4.69) is 25.2 Å². The third kappa shape index (κ3) is 3.85. The Balaban J connectivity index is 2.05. The molecule has 120 valence electrons. The molecule has 0 unspecified atom stereocenters. The lowest BCUT2D eigenvalue weighted by atomic mass is 9.96. The van der Waals surface area contributed by atoms with E-state index in [1.54, 1.807) is 4.90 Å². The molecule has 2 rings (SSSR count). The van der Waals surface area contributed by atoms with E-state index in [-0.39, 0.29) is 17.9 Å². The molecular formula is C17H25N3O2. The number of likely N-dealkylation sites (N-methyl/N-ethyl adjacent to an activating group) is 1. The van der Waals surface area contributed by atoms with E-state index in [1.165, 1.54) is 0 Å². The molecule has 1 aromatic rings. The summed E-state index contributed by atoms with van der Waals surface area (Å²) in [7, 11) is 1.82. The summed E-state index contributed by atoms with van der Waals surface area (Å²) in [6.45, 7) is 5.47. The highest BCUT2D eigenvalue weighted by molar-refractivity contribution is 5.96. The van der Waals surface area contributed by atoms with Gasteiger partial charge >= 0.3 is 0 Å². The first-order valence-electron chi connectivity index (χ1n) is 7.78. The number of hydrogen-bond acceptors (Lipinski definition) is 3. The predicted octanol–water partition coefficient (Wildman–Crippen LogP) is 1.30. The maximum Gasteiger partial charge on any atom is 0.253 e. The zero-order valence-corrected chi connectivity index (χ0v) is 13.6. The molecule has 22 heavy (non-hydrogen) atoms. The van der Waals surface area contributed by atoms with Gasteiger partial charge < -0.3 is 16.0 Å². The van der Waals surface area contributed by atoms with Crippen molar-refractivity contribution >= 4 is 11.8 Å². The van der Waals surface area contributed by atoms with E-state index in [1.807, 2.05) is 19.2 Å². The summed E-state index contributed by atoms with van der Waals surface area (Å²) in [4.78, 5) is 25.3. The van der Waals surface area contributed by atoms with Gasteiger partial charge in [0, 0.05) is 25.7 Å². The zero-order chi connectivity index (χ0) is 16.3. The topological polar surface area (TPSA) is 75.4 Å². The lowest BCUT2D eigenvalue weighted by Gasteiger charge is -2.25. The van der Waals surface area contributed by atoms with Gasteiger partial charge in [0.25, 0.3) is 5.91 Å². The molecule has 0 saturated heterocycles. The van der Waals surface area contributed by atoms with Crippen LogP contribution in [0.2, 0.25) is 0 Å². The van der Waals surface area contributed by atoms with Crippen LogP contribution in [-0.2, 0) is 17.8 Å². The van der Waals surface area contributed by atoms with Crippen molar-refractivity contribution in [1.82, 2.24) is 10.2 Å². The number of nitrogens with zero attached hydrogens (tertiary/aromatic N) is 1. The number of amides is 2. The van der Waals surface area contributed by atoms with Gasteiger partial charge in [-0.15, -0.1) is 0 Å². The van der Waals surface area contributed by atoms with Crippen molar-refractivity contribution in [3.05, 3.63) is 34.9 Å². The molecule has 0 bridgehead atoms. The lowest BCUT2D eigenvalue weighted by Crippen LogP contribution is -2.41. The second-order valence-electron chi connectivity index (χ2n) is 6.43. The molecule has 2 amide bonds.